The number of guanidine groups is 1. The summed E-state index contributed by atoms with van der Waals surface area (Å²) in [6.45, 7) is 1.79. The third-order valence-corrected chi connectivity index (χ3v) is 2.07. The molecule has 2 heterocycles. The molecule has 84 valence electrons. The van der Waals surface area contributed by atoms with Crippen LogP contribution < -0.4 is 10.1 Å². The molecule has 2 rings (SSSR count). The molecule has 0 bridgehead atoms. The summed E-state index contributed by atoms with van der Waals surface area (Å²) in [5.41, 5.74) is 0. The van der Waals surface area contributed by atoms with E-state index in [1.165, 1.54) is 0 Å². The van der Waals surface area contributed by atoms with Crippen molar-refractivity contribution in [3.05, 3.63) is 6.07 Å². The van der Waals surface area contributed by atoms with Crippen molar-refractivity contribution in [3.63, 3.8) is 0 Å². The van der Waals surface area contributed by atoms with Gasteiger partial charge in [-0.3, -0.25) is 10.1 Å². The van der Waals surface area contributed by atoms with Crippen molar-refractivity contribution in [1.29, 1.82) is 0 Å². The number of rotatable bonds is 2. The number of ether oxygens (including phenoxy) is 1. The number of anilines is 1. The van der Waals surface area contributed by atoms with Crippen LogP contribution in [0.15, 0.2) is 11.1 Å². The third kappa shape index (κ3) is 2.74. The van der Waals surface area contributed by atoms with Gasteiger partial charge in [0, 0.05) is 19.7 Å². The molecule has 0 unspecified atom stereocenters. The summed E-state index contributed by atoms with van der Waals surface area (Å²) in [6.07, 6.45) is 0. The van der Waals surface area contributed by atoms with Crippen LogP contribution in [0.5, 0.6) is 5.88 Å². The topological polar surface area (TPSA) is 65.5 Å². The molecule has 0 saturated heterocycles. The second-order valence-electron chi connectivity index (χ2n) is 3.08. The summed E-state index contributed by atoms with van der Waals surface area (Å²) in [7, 11) is 3.57. The summed E-state index contributed by atoms with van der Waals surface area (Å²) in [5.74, 6) is 2.21. The Balaban J connectivity index is 0.00000112. The Morgan fingerprint density at radius 3 is 2.93 bits per heavy atom. The Morgan fingerprint density at radius 2 is 2.40 bits per heavy atom. The summed E-state index contributed by atoms with van der Waals surface area (Å²) in [6, 6.07) is 1.79. The van der Waals surface area contributed by atoms with Gasteiger partial charge in [0.2, 0.25) is 5.88 Å². The van der Waals surface area contributed by atoms with Gasteiger partial charge in [0.05, 0.1) is 13.7 Å². The van der Waals surface area contributed by atoms with E-state index in [4.69, 9.17) is 4.74 Å². The van der Waals surface area contributed by atoms with Gasteiger partial charge in [-0.25, -0.2) is 0 Å². The fraction of sp³-hybridized carbons (Fsp3) is 0.500. The molecule has 2 N–H and O–H groups in total. The molecule has 1 aliphatic heterocycles. The number of likely N-dealkylation sites (N-methyl/N-ethyl adjacent to an activating group) is 1. The van der Waals surface area contributed by atoms with Gasteiger partial charge in [-0.1, -0.05) is 0 Å². The van der Waals surface area contributed by atoms with Crippen molar-refractivity contribution >= 4 is 35.8 Å². The van der Waals surface area contributed by atoms with Crippen molar-refractivity contribution in [1.82, 2.24) is 15.1 Å². The van der Waals surface area contributed by atoms with Gasteiger partial charge in [0.25, 0.3) is 0 Å². The molecule has 0 saturated carbocycles. The fourth-order valence-corrected chi connectivity index (χ4v) is 1.26. The first kappa shape index (κ1) is 12.1. The molecule has 0 spiro atoms. The summed E-state index contributed by atoms with van der Waals surface area (Å²) < 4.78 is 4.95. The van der Waals surface area contributed by atoms with E-state index in [1.807, 2.05) is 11.9 Å². The number of aliphatic imine (C=N–C) groups is 1. The Labute approximate surface area is 105 Å². The minimum Gasteiger partial charge on any atom is -0.480 e. The Kier molecular flexibility index (Phi) is 4.18. The molecular weight excluding hydrogens is 309 g/mol. The summed E-state index contributed by atoms with van der Waals surface area (Å²) in [4.78, 5) is 6.34. The van der Waals surface area contributed by atoms with E-state index in [1.54, 1.807) is 13.2 Å². The number of nitrogens with zero attached hydrogens (tertiary/aromatic N) is 3. The molecule has 1 aliphatic rings. The zero-order valence-electron chi connectivity index (χ0n) is 8.65. The van der Waals surface area contributed by atoms with Crippen LogP contribution in [0.25, 0.3) is 0 Å². The standard InChI is InChI=1S/C8H13N5O.HI/c1-13-4-3-9-8(13)10-6-5-7(14-2)12-11-6;/h5H,3-4H2,1-2H3,(H2,9,10,11,12);1H. The molecule has 0 aliphatic carbocycles. The summed E-state index contributed by atoms with van der Waals surface area (Å²) >= 11 is 0. The smallest absolute Gasteiger partial charge is 0.234 e. The zero-order chi connectivity index (χ0) is 9.97. The number of aromatic nitrogens is 2. The van der Waals surface area contributed by atoms with Crippen LogP contribution in [0.2, 0.25) is 0 Å². The highest BCUT2D eigenvalue weighted by Crippen LogP contribution is 2.12. The molecule has 1 aromatic heterocycles. The average molecular weight is 323 g/mol. The van der Waals surface area contributed by atoms with E-state index in [2.05, 4.69) is 20.5 Å². The van der Waals surface area contributed by atoms with Gasteiger partial charge in [0.1, 0.15) is 5.82 Å². The van der Waals surface area contributed by atoms with Crippen LogP contribution in [0, 0.1) is 0 Å². The Hall–Kier alpha value is -0.990. The Bertz CT molecular complexity index is 351. The van der Waals surface area contributed by atoms with E-state index in [9.17, 15) is 0 Å². The molecule has 0 aromatic carbocycles. The minimum atomic E-state index is 0. The lowest BCUT2D eigenvalue weighted by atomic mass is 10.6. The highest BCUT2D eigenvalue weighted by molar-refractivity contribution is 14.0. The van der Waals surface area contributed by atoms with Gasteiger partial charge in [0.15, 0.2) is 5.96 Å². The van der Waals surface area contributed by atoms with Crippen molar-refractivity contribution in [3.8, 4) is 5.88 Å². The molecule has 7 heteroatoms. The SMILES string of the molecule is COc1cc(NC2=NCCN2C)[nH]n1.I. The van der Waals surface area contributed by atoms with Gasteiger partial charge < -0.3 is 15.0 Å². The van der Waals surface area contributed by atoms with Crippen molar-refractivity contribution in [2.45, 2.75) is 0 Å². The largest absolute Gasteiger partial charge is 0.480 e. The first-order valence-electron chi connectivity index (χ1n) is 4.41. The van der Waals surface area contributed by atoms with E-state index in [0.717, 1.165) is 24.9 Å². The van der Waals surface area contributed by atoms with Crippen molar-refractivity contribution in [2.24, 2.45) is 4.99 Å². The average Bonchev–Trinajstić information content (AvgIpc) is 2.77. The van der Waals surface area contributed by atoms with Crippen LogP contribution in [-0.2, 0) is 0 Å². The monoisotopic (exact) mass is 323 g/mol. The number of hydrogen-bond acceptors (Lipinski definition) is 5. The highest BCUT2D eigenvalue weighted by Gasteiger charge is 2.13. The maximum absolute atomic E-state index is 4.95. The van der Waals surface area contributed by atoms with Gasteiger partial charge in [-0.05, 0) is 0 Å². The first-order valence-corrected chi connectivity index (χ1v) is 4.41. The molecule has 0 radical (unpaired) electrons. The second-order valence-corrected chi connectivity index (χ2v) is 3.08. The lowest BCUT2D eigenvalue weighted by Gasteiger charge is -2.13. The molecule has 0 atom stereocenters. The van der Waals surface area contributed by atoms with Gasteiger partial charge >= 0.3 is 0 Å². The first-order chi connectivity index (χ1) is 6.79. The predicted molar refractivity (Wildman–Crippen MR) is 69.1 cm³/mol. The van der Waals surface area contributed by atoms with E-state index < -0.39 is 0 Å². The molecule has 1 aromatic rings. The maximum atomic E-state index is 4.95. The highest BCUT2D eigenvalue weighted by atomic mass is 127. The molecule has 0 fully saturated rings. The van der Waals surface area contributed by atoms with Crippen LogP contribution in [0.3, 0.4) is 0 Å². The number of hydrogen-bond donors (Lipinski definition) is 2. The van der Waals surface area contributed by atoms with E-state index >= 15 is 0 Å². The number of H-pyrrole nitrogens is 1. The molecular formula is C8H14IN5O. The molecule has 0 amide bonds. The lowest BCUT2D eigenvalue weighted by molar-refractivity contribution is 0.397. The molecule has 6 nitrogen and oxygen atoms in total. The van der Waals surface area contributed by atoms with Crippen LogP contribution >= 0.6 is 24.0 Å². The second kappa shape index (κ2) is 5.19. The van der Waals surface area contributed by atoms with Crippen LogP contribution in [0.4, 0.5) is 5.82 Å². The normalized spacial score (nSPS) is 14.5. The number of nitrogens with one attached hydrogen (secondary N) is 2. The molecule has 15 heavy (non-hydrogen) atoms. The maximum Gasteiger partial charge on any atom is 0.234 e. The summed E-state index contributed by atoms with van der Waals surface area (Å²) in [5, 5.41) is 9.85. The van der Waals surface area contributed by atoms with Crippen LogP contribution in [-0.4, -0.2) is 48.3 Å². The van der Waals surface area contributed by atoms with Gasteiger partial charge in [-0.2, -0.15) is 0 Å². The number of halogens is 1. The van der Waals surface area contributed by atoms with Crippen LogP contribution in [0.1, 0.15) is 0 Å². The minimum absolute atomic E-state index is 0. The Morgan fingerprint density at radius 1 is 1.60 bits per heavy atom. The van der Waals surface area contributed by atoms with Crippen molar-refractivity contribution in [2.75, 3.05) is 32.6 Å². The third-order valence-electron chi connectivity index (χ3n) is 2.07. The zero-order valence-corrected chi connectivity index (χ0v) is 11.0. The lowest BCUT2D eigenvalue weighted by Crippen LogP contribution is -2.29. The van der Waals surface area contributed by atoms with E-state index in [0.29, 0.717) is 5.88 Å². The van der Waals surface area contributed by atoms with E-state index in [-0.39, 0.29) is 24.0 Å². The van der Waals surface area contributed by atoms with Gasteiger partial charge in [-0.15, -0.1) is 29.1 Å². The number of methoxy groups -OCH3 is 1. The van der Waals surface area contributed by atoms with Crippen molar-refractivity contribution < 1.29 is 4.74 Å². The predicted octanol–water partition coefficient (Wildman–Crippen LogP) is 0.750. The fourth-order valence-electron chi connectivity index (χ4n) is 1.26. The number of aromatic amines is 1. The quantitative estimate of drug-likeness (QED) is 0.789.